The zero-order chi connectivity index (χ0) is 17.4. The van der Waals surface area contributed by atoms with Crippen molar-refractivity contribution in [3.05, 3.63) is 29.8 Å². The average molecular weight is 320 g/mol. The second-order valence-corrected chi connectivity index (χ2v) is 6.04. The number of hydrogen-bond donors (Lipinski definition) is 1. The number of nitrogens with one attached hydrogen (secondary N) is 1. The fourth-order valence-corrected chi connectivity index (χ4v) is 2.17. The zero-order valence-corrected chi connectivity index (χ0v) is 14.8. The molecule has 1 aromatic carbocycles. The third kappa shape index (κ3) is 5.93. The smallest absolute Gasteiger partial charge is 0.242 e. The summed E-state index contributed by atoms with van der Waals surface area (Å²) < 4.78 is 5.14. The van der Waals surface area contributed by atoms with Gasteiger partial charge in [0.25, 0.3) is 0 Å². The molecule has 0 aliphatic carbocycles. The Balaban J connectivity index is 2.82. The summed E-state index contributed by atoms with van der Waals surface area (Å²) in [6.07, 6.45) is 0.373. The van der Waals surface area contributed by atoms with Crippen molar-refractivity contribution in [3.63, 3.8) is 0 Å². The van der Waals surface area contributed by atoms with Gasteiger partial charge in [0.05, 0.1) is 7.11 Å². The molecule has 0 fully saturated rings. The molecule has 0 aliphatic heterocycles. The van der Waals surface area contributed by atoms with E-state index in [9.17, 15) is 9.59 Å². The molecule has 128 valence electrons. The summed E-state index contributed by atoms with van der Waals surface area (Å²) in [6, 6.07) is 7.03. The Morgan fingerprint density at radius 3 is 2.26 bits per heavy atom. The van der Waals surface area contributed by atoms with Crippen molar-refractivity contribution >= 4 is 11.8 Å². The highest BCUT2D eigenvalue weighted by Crippen LogP contribution is 2.15. The van der Waals surface area contributed by atoms with Crippen LogP contribution in [0.25, 0.3) is 0 Å². The first-order chi connectivity index (χ1) is 10.9. The predicted octanol–water partition coefficient (Wildman–Crippen LogP) is 2.59. The van der Waals surface area contributed by atoms with Crippen LogP contribution in [-0.4, -0.2) is 36.4 Å². The fourth-order valence-electron chi connectivity index (χ4n) is 2.17. The maximum absolute atomic E-state index is 12.3. The van der Waals surface area contributed by atoms with Crippen LogP contribution in [0.4, 0.5) is 0 Å². The summed E-state index contributed by atoms with van der Waals surface area (Å²) in [5.41, 5.74) is 0.969. The minimum absolute atomic E-state index is 0.0342. The summed E-state index contributed by atoms with van der Waals surface area (Å²) in [4.78, 5) is 26.1. The van der Waals surface area contributed by atoms with E-state index in [0.717, 1.165) is 11.3 Å². The highest BCUT2D eigenvalue weighted by atomic mass is 16.5. The highest BCUT2D eigenvalue weighted by Gasteiger charge is 2.25. The minimum Gasteiger partial charge on any atom is -0.497 e. The SMILES string of the molecule is CCC(=O)N(Cc1ccc(OC)cc1)[C@@H](C)C(=O)NCC(C)C. The van der Waals surface area contributed by atoms with Crippen LogP contribution in [0.5, 0.6) is 5.75 Å². The number of benzene rings is 1. The Labute approximate surface area is 139 Å². The molecule has 2 amide bonds. The van der Waals surface area contributed by atoms with Gasteiger partial charge in [-0.3, -0.25) is 9.59 Å². The van der Waals surface area contributed by atoms with Gasteiger partial charge < -0.3 is 15.0 Å². The van der Waals surface area contributed by atoms with Gasteiger partial charge in [-0.05, 0) is 30.5 Å². The first-order valence-corrected chi connectivity index (χ1v) is 8.09. The number of hydrogen-bond acceptors (Lipinski definition) is 3. The maximum atomic E-state index is 12.3. The van der Waals surface area contributed by atoms with E-state index in [1.165, 1.54) is 0 Å². The lowest BCUT2D eigenvalue weighted by Gasteiger charge is -2.28. The second-order valence-electron chi connectivity index (χ2n) is 6.04. The van der Waals surface area contributed by atoms with E-state index in [0.29, 0.717) is 25.4 Å². The van der Waals surface area contributed by atoms with Gasteiger partial charge in [-0.1, -0.05) is 32.9 Å². The fraction of sp³-hybridized carbons (Fsp3) is 0.556. The van der Waals surface area contributed by atoms with Gasteiger partial charge in [-0.25, -0.2) is 0 Å². The van der Waals surface area contributed by atoms with Crippen LogP contribution in [-0.2, 0) is 16.1 Å². The lowest BCUT2D eigenvalue weighted by molar-refractivity contribution is -0.140. The summed E-state index contributed by atoms with van der Waals surface area (Å²) >= 11 is 0. The van der Waals surface area contributed by atoms with Crippen molar-refractivity contribution in [2.24, 2.45) is 5.92 Å². The molecule has 5 nitrogen and oxygen atoms in total. The van der Waals surface area contributed by atoms with E-state index in [1.807, 2.05) is 45.0 Å². The van der Waals surface area contributed by atoms with Gasteiger partial charge in [-0.15, -0.1) is 0 Å². The number of amides is 2. The normalized spacial score (nSPS) is 11.9. The number of nitrogens with zero attached hydrogens (tertiary/aromatic N) is 1. The molecule has 0 spiro atoms. The molecule has 0 saturated heterocycles. The monoisotopic (exact) mass is 320 g/mol. The zero-order valence-electron chi connectivity index (χ0n) is 14.8. The maximum Gasteiger partial charge on any atom is 0.242 e. The van der Waals surface area contributed by atoms with E-state index in [-0.39, 0.29) is 11.8 Å². The number of ether oxygens (including phenoxy) is 1. The molecule has 1 atom stereocenters. The third-order valence-electron chi connectivity index (χ3n) is 3.67. The van der Waals surface area contributed by atoms with Gasteiger partial charge in [-0.2, -0.15) is 0 Å². The molecule has 0 aromatic heterocycles. The lowest BCUT2D eigenvalue weighted by Crippen LogP contribution is -2.48. The molecule has 0 bridgehead atoms. The average Bonchev–Trinajstić information content (AvgIpc) is 2.56. The summed E-state index contributed by atoms with van der Waals surface area (Å²) in [6.45, 7) is 8.68. The second kappa shape index (κ2) is 9.18. The molecular formula is C18H28N2O3. The predicted molar refractivity (Wildman–Crippen MR) is 91.1 cm³/mol. The molecule has 0 radical (unpaired) electrons. The van der Waals surface area contributed by atoms with Crippen LogP contribution in [0.1, 0.15) is 39.7 Å². The van der Waals surface area contributed by atoms with Crippen molar-refractivity contribution in [1.29, 1.82) is 0 Å². The molecule has 1 N–H and O–H groups in total. The van der Waals surface area contributed by atoms with Crippen LogP contribution >= 0.6 is 0 Å². The number of rotatable bonds is 8. The van der Waals surface area contributed by atoms with E-state index in [4.69, 9.17) is 4.74 Å². The molecule has 0 heterocycles. The molecule has 0 saturated carbocycles. The number of methoxy groups -OCH3 is 1. The van der Waals surface area contributed by atoms with E-state index in [1.54, 1.807) is 18.9 Å². The van der Waals surface area contributed by atoms with Crippen molar-refractivity contribution in [2.75, 3.05) is 13.7 Å². The Morgan fingerprint density at radius 1 is 1.17 bits per heavy atom. The quantitative estimate of drug-likeness (QED) is 0.801. The molecule has 1 aromatic rings. The Morgan fingerprint density at radius 2 is 1.78 bits per heavy atom. The lowest BCUT2D eigenvalue weighted by atomic mass is 10.1. The Hall–Kier alpha value is -2.04. The first kappa shape index (κ1) is 19.0. The van der Waals surface area contributed by atoms with Crippen molar-refractivity contribution < 1.29 is 14.3 Å². The van der Waals surface area contributed by atoms with Crippen molar-refractivity contribution in [3.8, 4) is 5.75 Å². The summed E-state index contributed by atoms with van der Waals surface area (Å²) in [5, 5.41) is 2.89. The van der Waals surface area contributed by atoms with Gasteiger partial charge in [0.15, 0.2) is 0 Å². The van der Waals surface area contributed by atoms with Gasteiger partial charge in [0, 0.05) is 19.5 Å². The minimum atomic E-state index is -0.497. The van der Waals surface area contributed by atoms with Crippen LogP contribution in [0.3, 0.4) is 0 Å². The summed E-state index contributed by atoms with van der Waals surface area (Å²) in [7, 11) is 1.61. The number of carbonyl (C=O) groups is 2. The van der Waals surface area contributed by atoms with Crippen molar-refractivity contribution in [1.82, 2.24) is 10.2 Å². The van der Waals surface area contributed by atoms with Crippen LogP contribution in [0, 0.1) is 5.92 Å². The van der Waals surface area contributed by atoms with Crippen LogP contribution in [0.15, 0.2) is 24.3 Å². The molecular weight excluding hydrogens is 292 g/mol. The third-order valence-corrected chi connectivity index (χ3v) is 3.67. The molecule has 23 heavy (non-hydrogen) atoms. The largest absolute Gasteiger partial charge is 0.497 e. The molecule has 0 aliphatic rings. The van der Waals surface area contributed by atoms with Gasteiger partial charge in [0.1, 0.15) is 11.8 Å². The van der Waals surface area contributed by atoms with Gasteiger partial charge in [0.2, 0.25) is 11.8 Å². The molecule has 0 unspecified atom stereocenters. The first-order valence-electron chi connectivity index (χ1n) is 8.09. The van der Waals surface area contributed by atoms with Crippen molar-refractivity contribution in [2.45, 2.75) is 46.7 Å². The topological polar surface area (TPSA) is 58.6 Å². The highest BCUT2D eigenvalue weighted by molar-refractivity contribution is 5.87. The van der Waals surface area contributed by atoms with Crippen LogP contribution in [0.2, 0.25) is 0 Å². The van der Waals surface area contributed by atoms with E-state index >= 15 is 0 Å². The summed E-state index contributed by atoms with van der Waals surface area (Å²) in [5.74, 6) is 0.995. The number of carbonyl (C=O) groups excluding carboxylic acids is 2. The molecule has 1 rings (SSSR count). The van der Waals surface area contributed by atoms with E-state index in [2.05, 4.69) is 5.32 Å². The molecule has 5 heteroatoms. The van der Waals surface area contributed by atoms with E-state index < -0.39 is 6.04 Å². The standard InChI is InChI=1S/C18H28N2O3/c1-6-17(21)20(14(4)18(22)19-11-13(2)3)12-15-7-9-16(23-5)10-8-15/h7-10,13-14H,6,11-12H2,1-5H3,(H,19,22)/t14-/m0/s1. The van der Waals surface area contributed by atoms with Gasteiger partial charge >= 0.3 is 0 Å². The Bertz CT molecular complexity index is 512. The Kier molecular flexibility index (Phi) is 7.59. The van der Waals surface area contributed by atoms with Crippen LogP contribution < -0.4 is 10.1 Å².